The lowest BCUT2D eigenvalue weighted by atomic mass is 11.1. The second kappa shape index (κ2) is 4.92. The Hall–Kier alpha value is -0.369. The van der Waals surface area contributed by atoms with Crippen LogP contribution >= 0.6 is 0 Å². The van der Waals surface area contributed by atoms with Gasteiger partial charge in [-0.25, -0.2) is 0 Å². The fourth-order valence-corrected chi connectivity index (χ4v) is 11.6. The van der Waals surface area contributed by atoms with Crippen molar-refractivity contribution in [2.75, 3.05) is 0 Å². The number of hydrogen-bond donors (Lipinski definition) is 1. The molecule has 1 N–H and O–H groups in total. The summed E-state index contributed by atoms with van der Waals surface area (Å²) in [6.45, 7) is 18.7. The number of nitrogens with one attached hydrogen (secondary N) is 1. The van der Waals surface area contributed by atoms with Crippen LogP contribution in [0.5, 0.6) is 0 Å². The Morgan fingerprint density at radius 1 is 1.14 bits per heavy atom. The molecule has 0 aliphatic heterocycles. The van der Waals surface area contributed by atoms with Gasteiger partial charge >= 0.3 is 0 Å². The second-order valence-corrected chi connectivity index (χ2v) is 14.4. The Morgan fingerprint density at radius 2 is 1.57 bits per heavy atom. The summed E-state index contributed by atoms with van der Waals surface area (Å²) in [6.07, 6.45) is 1.95. The van der Waals surface area contributed by atoms with Crippen molar-refractivity contribution < 1.29 is 0 Å². The average Bonchev–Trinajstić information content (AvgIpc) is 2.12. The smallest absolute Gasteiger partial charge is 0.267 e. The molecule has 0 aromatic rings. The predicted molar refractivity (Wildman–Crippen MR) is 74.6 cm³/mol. The van der Waals surface area contributed by atoms with Crippen LogP contribution in [0.25, 0.3) is 0 Å². The lowest BCUT2D eigenvalue weighted by molar-refractivity contribution is 0.830. The van der Waals surface area contributed by atoms with E-state index in [0.29, 0.717) is 0 Å². The standard InChI is InChI=1S/C9H22N2Si3/c1-7-11(13(4,5)6)14(8-2,9-3)10-12/h7-10H,1-3H2,4-6,12H3. The van der Waals surface area contributed by atoms with Gasteiger partial charge in [0.05, 0.1) is 10.4 Å². The van der Waals surface area contributed by atoms with E-state index in [4.69, 9.17) is 0 Å². The Morgan fingerprint density at radius 3 is 1.64 bits per heavy atom. The summed E-state index contributed by atoms with van der Waals surface area (Å²) in [5.41, 5.74) is 4.07. The molecule has 0 amide bonds. The van der Waals surface area contributed by atoms with Gasteiger partial charge in [-0.2, -0.15) is 0 Å². The first-order valence-electron chi connectivity index (χ1n) is 4.76. The minimum Gasteiger partial charge on any atom is -0.413 e. The van der Waals surface area contributed by atoms with Crippen molar-refractivity contribution in [3.05, 3.63) is 37.3 Å². The van der Waals surface area contributed by atoms with Gasteiger partial charge in [-0.15, -0.1) is 13.2 Å². The molecule has 0 atom stereocenters. The van der Waals surface area contributed by atoms with Gasteiger partial charge in [-0.3, -0.25) is 0 Å². The molecule has 80 valence electrons. The topological polar surface area (TPSA) is 15.3 Å². The summed E-state index contributed by atoms with van der Waals surface area (Å²) in [7, 11) is -2.30. The van der Waals surface area contributed by atoms with Crippen LogP contribution in [-0.4, -0.2) is 31.3 Å². The van der Waals surface area contributed by atoms with E-state index < -0.39 is 16.6 Å². The highest BCUT2D eigenvalue weighted by Gasteiger charge is 2.37. The molecule has 0 bridgehead atoms. The third-order valence-corrected chi connectivity index (χ3v) is 12.5. The maximum absolute atomic E-state index is 3.94. The number of hydrogen-bond acceptors (Lipinski definition) is 2. The van der Waals surface area contributed by atoms with Gasteiger partial charge in [-0.05, 0) is 6.20 Å². The summed E-state index contributed by atoms with van der Waals surface area (Å²) >= 11 is 0. The van der Waals surface area contributed by atoms with Crippen LogP contribution in [0.4, 0.5) is 0 Å². The fraction of sp³-hybridized carbons (Fsp3) is 0.333. The van der Waals surface area contributed by atoms with Crippen LogP contribution in [0.15, 0.2) is 37.3 Å². The molecule has 0 radical (unpaired) electrons. The Labute approximate surface area is 93.2 Å². The summed E-state index contributed by atoms with van der Waals surface area (Å²) in [6, 6.07) is 0. The lowest BCUT2D eigenvalue weighted by Crippen LogP contribution is -2.66. The predicted octanol–water partition coefficient (Wildman–Crippen LogP) is 1.03. The van der Waals surface area contributed by atoms with Gasteiger partial charge in [0.1, 0.15) is 8.24 Å². The molecule has 0 spiro atoms. The highest BCUT2D eigenvalue weighted by molar-refractivity contribution is 6.97. The van der Waals surface area contributed by atoms with Gasteiger partial charge in [0.15, 0.2) is 0 Å². The fourth-order valence-electron chi connectivity index (χ4n) is 1.58. The van der Waals surface area contributed by atoms with Crippen LogP contribution < -0.4 is 4.65 Å². The van der Waals surface area contributed by atoms with E-state index in [9.17, 15) is 0 Å². The van der Waals surface area contributed by atoms with Gasteiger partial charge in [0, 0.05) is 0 Å². The Bertz CT molecular complexity index is 225. The van der Waals surface area contributed by atoms with Crippen molar-refractivity contribution in [2.45, 2.75) is 19.6 Å². The zero-order valence-corrected chi connectivity index (χ0v) is 13.8. The van der Waals surface area contributed by atoms with E-state index in [0.717, 1.165) is 10.4 Å². The first kappa shape index (κ1) is 13.6. The molecule has 0 saturated heterocycles. The zero-order valence-electron chi connectivity index (χ0n) is 9.80. The van der Waals surface area contributed by atoms with Crippen LogP contribution in [0.3, 0.4) is 0 Å². The molecular formula is C9H22N2Si3. The molecule has 14 heavy (non-hydrogen) atoms. The average molecular weight is 243 g/mol. The van der Waals surface area contributed by atoms with Crippen molar-refractivity contribution >= 4 is 27.0 Å². The molecule has 0 aromatic carbocycles. The molecule has 0 rings (SSSR count). The Balaban J connectivity index is 5.25. The summed E-state index contributed by atoms with van der Waals surface area (Å²) in [5, 5.41) is 0. The molecule has 0 unspecified atom stereocenters. The first-order valence-corrected chi connectivity index (χ1v) is 11.3. The van der Waals surface area contributed by atoms with Crippen molar-refractivity contribution in [1.29, 1.82) is 0 Å². The molecule has 5 heteroatoms. The summed E-state index contributed by atoms with van der Waals surface area (Å²) in [5.74, 6) is 0. The minimum absolute atomic E-state index is 0.954. The highest BCUT2D eigenvalue weighted by Crippen LogP contribution is 2.19. The van der Waals surface area contributed by atoms with Crippen LogP contribution in [-0.2, 0) is 0 Å². The number of nitrogens with zero attached hydrogens (tertiary/aromatic N) is 1. The molecule has 0 aromatic heterocycles. The minimum atomic E-state index is -1.87. The largest absolute Gasteiger partial charge is 0.413 e. The molecule has 0 heterocycles. The van der Waals surface area contributed by atoms with E-state index in [1.165, 1.54) is 0 Å². The number of rotatable bonds is 6. The third-order valence-electron chi connectivity index (χ3n) is 2.33. The van der Waals surface area contributed by atoms with Gasteiger partial charge < -0.3 is 8.88 Å². The van der Waals surface area contributed by atoms with Gasteiger partial charge in [-0.1, -0.05) is 37.6 Å². The van der Waals surface area contributed by atoms with Crippen LogP contribution in [0.1, 0.15) is 0 Å². The molecule has 0 fully saturated rings. The molecule has 0 aliphatic rings. The van der Waals surface area contributed by atoms with E-state index in [2.05, 4.69) is 48.3 Å². The second-order valence-electron chi connectivity index (χ2n) is 4.21. The first-order chi connectivity index (χ1) is 6.37. The molecule has 2 nitrogen and oxygen atoms in total. The Kier molecular flexibility index (Phi) is 4.79. The highest BCUT2D eigenvalue weighted by atomic mass is 28.4. The summed E-state index contributed by atoms with van der Waals surface area (Å²) in [4.78, 5) is 0. The monoisotopic (exact) mass is 242 g/mol. The normalized spacial score (nSPS) is 12.2. The third kappa shape index (κ3) is 2.57. The van der Waals surface area contributed by atoms with E-state index >= 15 is 0 Å². The van der Waals surface area contributed by atoms with Crippen molar-refractivity contribution in [3.8, 4) is 0 Å². The molecule has 0 aliphatic carbocycles. The van der Waals surface area contributed by atoms with Crippen molar-refractivity contribution in [2.24, 2.45) is 0 Å². The van der Waals surface area contributed by atoms with Crippen LogP contribution in [0, 0.1) is 0 Å². The zero-order chi connectivity index (χ0) is 11.4. The van der Waals surface area contributed by atoms with Gasteiger partial charge in [0.2, 0.25) is 0 Å². The van der Waals surface area contributed by atoms with E-state index in [1.54, 1.807) is 0 Å². The van der Waals surface area contributed by atoms with Crippen LogP contribution in [0.2, 0.25) is 19.6 Å². The van der Waals surface area contributed by atoms with E-state index in [1.807, 2.05) is 17.6 Å². The SMILES string of the molecule is C=CN([Si](C)(C)C)[Si](C=C)(C=C)N[SiH3]. The van der Waals surface area contributed by atoms with Crippen molar-refractivity contribution in [3.63, 3.8) is 0 Å². The molecular weight excluding hydrogens is 220 g/mol. The maximum atomic E-state index is 3.94. The lowest BCUT2D eigenvalue weighted by Gasteiger charge is -2.44. The van der Waals surface area contributed by atoms with E-state index in [-0.39, 0.29) is 0 Å². The summed E-state index contributed by atoms with van der Waals surface area (Å²) < 4.78 is 5.90. The van der Waals surface area contributed by atoms with Gasteiger partial charge in [0.25, 0.3) is 8.40 Å². The quantitative estimate of drug-likeness (QED) is 0.700. The maximum Gasteiger partial charge on any atom is 0.267 e. The molecule has 0 saturated carbocycles. The van der Waals surface area contributed by atoms with Crippen molar-refractivity contribution in [1.82, 2.24) is 8.88 Å².